The second-order valence-corrected chi connectivity index (χ2v) is 6.47. The highest BCUT2D eigenvalue weighted by Gasteiger charge is 2.21. The average molecular weight is 247 g/mol. The average Bonchev–Trinajstić information content (AvgIpc) is 2.66. The molecule has 0 N–H and O–H groups in total. The largest absolute Gasteiger partial charge is 0.302 e. The lowest BCUT2D eigenvalue weighted by Gasteiger charge is -2.11. The second-order valence-electron chi connectivity index (χ2n) is 3.03. The Morgan fingerprint density at radius 2 is 2.13 bits per heavy atom. The maximum Gasteiger partial charge on any atom is 0.252 e. The summed E-state index contributed by atoms with van der Waals surface area (Å²) in [7, 11) is -2.07. The topological polar surface area (TPSA) is 54.5 Å². The number of carbonyl (C=O) groups is 1. The third kappa shape index (κ3) is 2.64. The quantitative estimate of drug-likeness (QED) is 0.733. The summed E-state index contributed by atoms with van der Waals surface area (Å²) in [6.07, 6.45) is 1.39. The molecule has 0 fully saturated rings. The van der Waals surface area contributed by atoms with E-state index in [-0.39, 0.29) is 6.54 Å². The molecule has 0 saturated heterocycles. The first kappa shape index (κ1) is 12.4. The number of likely N-dealkylation sites (N-methyl/N-ethyl adjacent to an activating group) is 1. The van der Waals surface area contributed by atoms with Crippen LogP contribution in [0.4, 0.5) is 0 Å². The summed E-state index contributed by atoms with van der Waals surface area (Å²) in [5.41, 5.74) is 0. The van der Waals surface area contributed by atoms with Crippen molar-refractivity contribution in [2.45, 2.75) is 17.6 Å². The number of rotatable bonds is 5. The van der Waals surface area contributed by atoms with Gasteiger partial charge in [0.15, 0.2) is 0 Å². The van der Waals surface area contributed by atoms with E-state index in [2.05, 4.69) is 0 Å². The Morgan fingerprint density at radius 3 is 2.60 bits per heavy atom. The molecule has 1 aromatic rings. The summed E-state index contributed by atoms with van der Waals surface area (Å²) < 4.78 is 25.0. The van der Waals surface area contributed by atoms with Crippen LogP contribution in [0.5, 0.6) is 0 Å². The van der Waals surface area contributed by atoms with Crippen LogP contribution in [0.25, 0.3) is 0 Å². The number of nitrogens with zero attached hydrogens (tertiary/aromatic N) is 1. The molecule has 0 spiro atoms. The van der Waals surface area contributed by atoms with E-state index in [0.29, 0.717) is 10.5 Å². The number of thiophene rings is 1. The van der Waals surface area contributed by atoms with Crippen LogP contribution in [0.3, 0.4) is 0 Å². The standard InChI is InChI=1S/C9H13NO3S2/c1-3-8-4-5-9(14-8)15(12,13)10(2)6-7-11/h4-5,7H,3,6H2,1-2H3. The Bertz CT molecular complexity index is 436. The van der Waals surface area contributed by atoms with Gasteiger partial charge in [-0.25, -0.2) is 8.42 Å². The minimum absolute atomic E-state index is 0.109. The molecule has 0 radical (unpaired) electrons. The molecule has 0 unspecified atom stereocenters. The highest BCUT2D eigenvalue weighted by molar-refractivity contribution is 7.91. The van der Waals surface area contributed by atoms with E-state index in [4.69, 9.17) is 0 Å². The Morgan fingerprint density at radius 1 is 1.47 bits per heavy atom. The first-order chi connectivity index (χ1) is 7.02. The fourth-order valence-electron chi connectivity index (χ4n) is 1.04. The highest BCUT2D eigenvalue weighted by Crippen LogP contribution is 2.24. The number of carbonyl (C=O) groups excluding carboxylic acids is 1. The molecule has 84 valence electrons. The minimum atomic E-state index is -3.47. The maximum atomic E-state index is 11.8. The Labute approximate surface area is 93.6 Å². The molecule has 0 saturated carbocycles. The number of hydrogen-bond donors (Lipinski definition) is 0. The first-order valence-electron chi connectivity index (χ1n) is 4.51. The van der Waals surface area contributed by atoms with Gasteiger partial charge in [0, 0.05) is 11.9 Å². The van der Waals surface area contributed by atoms with Gasteiger partial charge in [-0.2, -0.15) is 4.31 Å². The zero-order valence-electron chi connectivity index (χ0n) is 8.63. The lowest BCUT2D eigenvalue weighted by Crippen LogP contribution is -2.27. The van der Waals surface area contributed by atoms with Crippen molar-refractivity contribution in [3.05, 3.63) is 17.0 Å². The normalized spacial score (nSPS) is 11.9. The van der Waals surface area contributed by atoms with Crippen molar-refractivity contribution in [2.75, 3.05) is 13.6 Å². The van der Waals surface area contributed by atoms with Crippen LogP contribution >= 0.6 is 11.3 Å². The zero-order chi connectivity index (χ0) is 11.5. The smallest absolute Gasteiger partial charge is 0.252 e. The molecule has 6 heteroatoms. The van der Waals surface area contributed by atoms with Gasteiger partial charge in [-0.15, -0.1) is 11.3 Å². The fraction of sp³-hybridized carbons (Fsp3) is 0.444. The van der Waals surface area contributed by atoms with Gasteiger partial charge in [0.05, 0.1) is 6.54 Å². The molecule has 1 heterocycles. The summed E-state index contributed by atoms with van der Waals surface area (Å²) in [5.74, 6) is 0. The molecule has 0 bridgehead atoms. The number of aldehydes is 1. The van der Waals surface area contributed by atoms with E-state index in [1.807, 2.05) is 6.92 Å². The van der Waals surface area contributed by atoms with Crippen molar-refractivity contribution in [1.82, 2.24) is 4.31 Å². The van der Waals surface area contributed by atoms with Gasteiger partial charge < -0.3 is 4.79 Å². The molecule has 15 heavy (non-hydrogen) atoms. The van der Waals surface area contributed by atoms with E-state index in [1.54, 1.807) is 12.1 Å². The van der Waals surface area contributed by atoms with Gasteiger partial charge in [0.2, 0.25) is 0 Å². The van der Waals surface area contributed by atoms with Crippen molar-refractivity contribution < 1.29 is 13.2 Å². The van der Waals surface area contributed by atoms with E-state index in [0.717, 1.165) is 15.6 Å². The van der Waals surface area contributed by atoms with Crippen molar-refractivity contribution in [3.63, 3.8) is 0 Å². The van der Waals surface area contributed by atoms with Gasteiger partial charge in [-0.3, -0.25) is 0 Å². The van der Waals surface area contributed by atoms with Gasteiger partial charge in [0.25, 0.3) is 10.0 Å². The van der Waals surface area contributed by atoms with Crippen molar-refractivity contribution >= 4 is 27.6 Å². The Kier molecular flexibility index (Phi) is 4.01. The minimum Gasteiger partial charge on any atom is -0.302 e. The molecule has 0 aliphatic rings. The predicted molar refractivity (Wildman–Crippen MR) is 59.6 cm³/mol. The van der Waals surface area contributed by atoms with Crippen LogP contribution in [0.15, 0.2) is 16.3 Å². The zero-order valence-corrected chi connectivity index (χ0v) is 10.3. The van der Waals surface area contributed by atoms with E-state index in [9.17, 15) is 13.2 Å². The van der Waals surface area contributed by atoms with Gasteiger partial charge in [-0.05, 0) is 18.6 Å². The maximum absolute atomic E-state index is 11.8. The van der Waals surface area contributed by atoms with E-state index in [1.165, 1.54) is 18.4 Å². The highest BCUT2D eigenvalue weighted by atomic mass is 32.2. The Balaban J connectivity index is 3.00. The molecular formula is C9H13NO3S2. The molecule has 0 aliphatic heterocycles. The predicted octanol–water partition coefficient (Wildman–Crippen LogP) is 1.13. The van der Waals surface area contributed by atoms with Crippen LogP contribution in [0, 0.1) is 0 Å². The van der Waals surface area contributed by atoms with Crippen molar-refractivity contribution in [1.29, 1.82) is 0 Å². The molecule has 1 aromatic heterocycles. The molecular weight excluding hydrogens is 234 g/mol. The third-order valence-electron chi connectivity index (χ3n) is 1.98. The summed E-state index contributed by atoms with van der Waals surface area (Å²) in [4.78, 5) is 11.3. The van der Waals surface area contributed by atoms with Crippen molar-refractivity contribution in [2.24, 2.45) is 0 Å². The Hall–Kier alpha value is -0.720. The molecule has 1 rings (SSSR count). The first-order valence-corrected chi connectivity index (χ1v) is 6.76. The number of sulfonamides is 1. The van der Waals surface area contributed by atoms with Crippen LogP contribution in [-0.2, 0) is 21.2 Å². The fourth-order valence-corrected chi connectivity index (χ4v) is 3.65. The SMILES string of the molecule is CCc1ccc(S(=O)(=O)N(C)CC=O)s1. The lowest BCUT2D eigenvalue weighted by molar-refractivity contribution is -0.107. The van der Waals surface area contributed by atoms with Gasteiger partial charge in [0.1, 0.15) is 10.5 Å². The molecule has 0 atom stereocenters. The van der Waals surface area contributed by atoms with Crippen LogP contribution in [-0.4, -0.2) is 32.6 Å². The summed E-state index contributed by atoms with van der Waals surface area (Å²) in [6, 6.07) is 3.38. The van der Waals surface area contributed by atoms with Crippen LogP contribution in [0.1, 0.15) is 11.8 Å². The third-order valence-corrected chi connectivity index (χ3v) is 5.50. The van der Waals surface area contributed by atoms with Gasteiger partial charge in [-0.1, -0.05) is 6.92 Å². The number of hydrogen-bond acceptors (Lipinski definition) is 4. The van der Waals surface area contributed by atoms with E-state index < -0.39 is 10.0 Å². The summed E-state index contributed by atoms with van der Waals surface area (Å²) in [5, 5.41) is 0. The van der Waals surface area contributed by atoms with Gasteiger partial charge >= 0.3 is 0 Å². The molecule has 0 aromatic carbocycles. The molecule has 4 nitrogen and oxygen atoms in total. The second kappa shape index (κ2) is 4.87. The lowest BCUT2D eigenvalue weighted by atomic mass is 10.4. The molecule has 0 aliphatic carbocycles. The monoisotopic (exact) mass is 247 g/mol. The van der Waals surface area contributed by atoms with Crippen molar-refractivity contribution in [3.8, 4) is 0 Å². The van der Waals surface area contributed by atoms with E-state index >= 15 is 0 Å². The number of aryl methyl sites for hydroxylation is 1. The van der Waals surface area contributed by atoms with Crippen LogP contribution < -0.4 is 0 Å². The van der Waals surface area contributed by atoms with Crippen LogP contribution in [0.2, 0.25) is 0 Å². The summed E-state index contributed by atoms with van der Waals surface area (Å²) in [6.45, 7) is 1.86. The molecule has 0 amide bonds. The summed E-state index contributed by atoms with van der Waals surface area (Å²) >= 11 is 1.25.